The monoisotopic (exact) mass is 414 g/mol. The summed E-state index contributed by atoms with van der Waals surface area (Å²) in [4.78, 5) is 4.43. The van der Waals surface area contributed by atoms with E-state index in [9.17, 15) is 4.39 Å². The van der Waals surface area contributed by atoms with Gasteiger partial charge in [-0.2, -0.15) is 5.26 Å². The molecule has 0 bridgehead atoms. The number of aryl methyl sites for hydroxylation is 2. The predicted octanol–water partition coefficient (Wildman–Crippen LogP) is 6.24. The summed E-state index contributed by atoms with van der Waals surface area (Å²) in [5.41, 5.74) is 3.00. The van der Waals surface area contributed by atoms with Gasteiger partial charge in [-0.15, -0.1) is 0 Å². The van der Waals surface area contributed by atoms with E-state index in [0.29, 0.717) is 36.1 Å². The van der Waals surface area contributed by atoms with E-state index in [2.05, 4.69) is 4.98 Å². The zero-order valence-electron chi connectivity index (χ0n) is 17.0. The third-order valence-electron chi connectivity index (χ3n) is 5.21. The van der Waals surface area contributed by atoms with E-state index in [1.165, 1.54) is 12.1 Å². The molecule has 1 heterocycles. The topological polar surface area (TPSA) is 45.9 Å². The lowest BCUT2D eigenvalue weighted by atomic mass is 9.98. The summed E-state index contributed by atoms with van der Waals surface area (Å²) in [5, 5.41) is 10.2. The maximum atomic E-state index is 15.1. The van der Waals surface area contributed by atoms with Crippen LogP contribution in [0.4, 0.5) is 8.78 Å². The number of nitriles is 1. The van der Waals surface area contributed by atoms with Gasteiger partial charge in [-0.1, -0.05) is 30.3 Å². The Bertz CT molecular complexity index is 1280. The smallest absolute Gasteiger partial charge is 0.141 e. The van der Waals surface area contributed by atoms with Crippen LogP contribution >= 0.6 is 0 Å². The number of fused-ring (bicyclic) bond motifs is 1. The van der Waals surface area contributed by atoms with Crippen molar-refractivity contribution in [1.29, 1.82) is 5.26 Å². The second kappa shape index (κ2) is 8.93. The van der Waals surface area contributed by atoms with Crippen LogP contribution in [0.1, 0.15) is 23.6 Å². The molecule has 1 aromatic heterocycles. The van der Waals surface area contributed by atoms with Gasteiger partial charge in [-0.25, -0.2) is 8.78 Å². The molecule has 5 heteroatoms. The third kappa shape index (κ3) is 4.39. The van der Waals surface area contributed by atoms with Crippen molar-refractivity contribution in [1.82, 2.24) is 4.98 Å². The number of hydrogen-bond donors (Lipinski definition) is 0. The van der Waals surface area contributed by atoms with Crippen molar-refractivity contribution in [2.24, 2.45) is 0 Å². The summed E-state index contributed by atoms with van der Waals surface area (Å²) < 4.78 is 34.3. The molecule has 0 spiro atoms. The van der Waals surface area contributed by atoms with Crippen LogP contribution in [-0.2, 0) is 12.8 Å². The zero-order chi connectivity index (χ0) is 21.8. The first-order chi connectivity index (χ1) is 15.1. The predicted molar refractivity (Wildman–Crippen MR) is 117 cm³/mol. The minimum Gasteiger partial charge on any atom is -0.492 e. The lowest BCUT2D eigenvalue weighted by molar-refractivity contribution is 0.339. The minimum atomic E-state index is -0.547. The number of hydrogen-bond acceptors (Lipinski definition) is 3. The first-order valence-electron chi connectivity index (χ1n) is 10.1. The van der Waals surface area contributed by atoms with Gasteiger partial charge in [0.25, 0.3) is 0 Å². The molecule has 4 aromatic rings. The van der Waals surface area contributed by atoms with E-state index >= 15 is 4.39 Å². The van der Waals surface area contributed by atoms with E-state index in [-0.39, 0.29) is 11.4 Å². The Morgan fingerprint density at radius 3 is 2.55 bits per heavy atom. The van der Waals surface area contributed by atoms with Crippen LogP contribution in [0.5, 0.6) is 5.75 Å². The number of pyridine rings is 1. The summed E-state index contributed by atoms with van der Waals surface area (Å²) in [7, 11) is 0. The van der Waals surface area contributed by atoms with E-state index in [1.807, 2.05) is 37.3 Å². The summed E-state index contributed by atoms with van der Waals surface area (Å²) in [6, 6.07) is 19.3. The Balaban J connectivity index is 1.56. The van der Waals surface area contributed by atoms with Crippen LogP contribution in [-0.4, -0.2) is 11.6 Å². The lowest BCUT2D eigenvalue weighted by Gasteiger charge is -2.09. The van der Waals surface area contributed by atoms with Crippen molar-refractivity contribution < 1.29 is 13.5 Å². The van der Waals surface area contributed by atoms with Crippen LogP contribution in [0.2, 0.25) is 0 Å². The molecule has 4 rings (SSSR count). The quantitative estimate of drug-likeness (QED) is 0.375. The molecule has 31 heavy (non-hydrogen) atoms. The van der Waals surface area contributed by atoms with Crippen molar-refractivity contribution in [3.8, 4) is 23.1 Å². The molecule has 0 aliphatic rings. The number of aromatic nitrogens is 1. The largest absolute Gasteiger partial charge is 0.492 e. The van der Waals surface area contributed by atoms with Crippen molar-refractivity contribution in [3.05, 3.63) is 95.2 Å². The summed E-state index contributed by atoms with van der Waals surface area (Å²) in [5.74, 6) is -0.0999. The molecule has 0 fully saturated rings. The Morgan fingerprint density at radius 1 is 0.968 bits per heavy atom. The van der Waals surface area contributed by atoms with E-state index in [4.69, 9.17) is 10.00 Å². The standard InChI is InChI=1S/C26H20F2N2O/c1-2-31-22-10-12-25(30-16-22)20-9-11-23-19(14-20)8-7-18(26(23)28)5-3-17-4-6-21(15-29)24(27)13-17/h4,6-14,16H,2-3,5H2,1H3. The summed E-state index contributed by atoms with van der Waals surface area (Å²) in [6.45, 7) is 2.50. The Kier molecular flexibility index (Phi) is 5.90. The molecule has 3 aromatic carbocycles. The molecule has 0 unspecified atom stereocenters. The molecule has 0 amide bonds. The maximum Gasteiger partial charge on any atom is 0.141 e. The fraction of sp³-hybridized carbons (Fsp3) is 0.154. The van der Waals surface area contributed by atoms with Gasteiger partial charge in [0, 0.05) is 10.9 Å². The number of rotatable bonds is 6. The second-order valence-corrected chi connectivity index (χ2v) is 7.21. The fourth-order valence-corrected chi connectivity index (χ4v) is 3.58. The first kappa shape index (κ1) is 20.5. The summed E-state index contributed by atoms with van der Waals surface area (Å²) in [6.07, 6.45) is 2.60. The molecular weight excluding hydrogens is 394 g/mol. The third-order valence-corrected chi connectivity index (χ3v) is 5.21. The molecule has 0 saturated carbocycles. The van der Waals surface area contributed by atoms with Crippen LogP contribution in [0, 0.1) is 23.0 Å². The fourth-order valence-electron chi connectivity index (χ4n) is 3.58. The van der Waals surface area contributed by atoms with Gasteiger partial charge in [0.15, 0.2) is 0 Å². The molecule has 0 saturated heterocycles. The SMILES string of the molecule is CCOc1ccc(-c2ccc3c(F)c(CCc4ccc(C#N)c(F)c4)ccc3c2)nc1. The van der Waals surface area contributed by atoms with Gasteiger partial charge in [0.05, 0.1) is 24.1 Å². The van der Waals surface area contributed by atoms with Crippen LogP contribution < -0.4 is 4.74 Å². The number of ether oxygens (including phenoxy) is 1. The highest BCUT2D eigenvalue weighted by Gasteiger charge is 2.10. The average molecular weight is 414 g/mol. The normalized spacial score (nSPS) is 10.8. The maximum absolute atomic E-state index is 15.1. The van der Waals surface area contributed by atoms with Crippen molar-refractivity contribution in [2.45, 2.75) is 19.8 Å². The van der Waals surface area contributed by atoms with Gasteiger partial charge in [0.1, 0.15) is 23.5 Å². The van der Waals surface area contributed by atoms with E-state index in [1.54, 1.807) is 30.5 Å². The highest BCUT2D eigenvalue weighted by atomic mass is 19.1. The average Bonchev–Trinajstić information content (AvgIpc) is 2.79. The lowest BCUT2D eigenvalue weighted by Crippen LogP contribution is -1.97. The van der Waals surface area contributed by atoms with Gasteiger partial charge in [-0.3, -0.25) is 4.98 Å². The number of halogens is 2. The molecule has 0 atom stereocenters. The highest BCUT2D eigenvalue weighted by molar-refractivity contribution is 5.88. The second-order valence-electron chi connectivity index (χ2n) is 7.21. The van der Waals surface area contributed by atoms with Gasteiger partial charge in [0.2, 0.25) is 0 Å². The van der Waals surface area contributed by atoms with Crippen LogP contribution in [0.15, 0.2) is 66.9 Å². The molecule has 0 aliphatic carbocycles. The van der Waals surface area contributed by atoms with Crippen molar-refractivity contribution >= 4 is 10.8 Å². The first-order valence-corrected chi connectivity index (χ1v) is 10.1. The Labute approximate surface area is 179 Å². The molecule has 0 aliphatic heterocycles. The Hall–Kier alpha value is -3.78. The van der Waals surface area contributed by atoms with Gasteiger partial charge in [-0.05, 0) is 66.6 Å². The van der Waals surface area contributed by atoms with Crippen LogP contribution in [0.3, 0.4) is 0 Å². The molecule has 0 N–H and O–H groups in total. The Morgan fingerprint density at radius 2 is 1.84 bits per heavy atom. The van der Waals surface area contributed by atoms with Crippen molar-refractivity contribution in [3.63, 3.8) is 0 Å². The molecule has 3 nitrogen and oxygen atoms in total. The molecule has 0 radical (unpaired) electrons. The van der Waals surface area contributed by atoms with E-state index in [0.717, 1.165) is 22.2 Å². The van der Waals surface area contributed by atoms with Gasteiger partial charge >= 0.3 is 0 Å². The van der Waals surface area contributed by atoms with Crippen molar-refractivity contribution in [2.75, 3.05) is 6.61 Å². The highest BCUT2D eigenvalue weighted by Crippen LogP contribution is 2.28. The summed E-state index contributed by atoms with van der Waals surface area (Å²) >= 11 is 0. The number of nitrogens with zero attached hydrogens (tertiary/aromatic N) is 2. The minimum absolute atomic E-state index is 0.0125. The zero-order valence-corrected chi connectivity index (χ0v) is 17.0. The van der Waals surface area contributed by atoms with Gasteiger partial charge < -0.3 is 4.74 Å². The molecule has 154 valence electrons. The van der Waals surface area contributed by atoms with E-state index < -0.39 is 5.82 Å². The number of benzene rings is 3. The van der Waals surface area contributed by atoms with Crippen LogP contribution in [0.25, 0.3) is 22.0 Å². The molecular formula is C26H20F2N2O.